The highest BCUT2D eigenvalue weighted by Gasteiger charge is 2.21. The van der Waals surface area contributed by atoms with Gasteiger partial charge < -0.3 is 8.60 Å². The Hall–Kier alpha value is -3.51. The zero-order valence-electron chi connectivity index (χ0n) is 14.9. The Morgan fingerprint density at radius 1 is 1.20 bits per heavy atom. The Balaban J connectivity index is 1.72. The first-order chi connectivity index (χ1) is 14.3. The lowest BCUT2D eigenvalue weighted by molar-refractivity contribution is -0.385. The van der Waals surface area contributed by atoms with Crippen molar-refractivity contribution >= 4 is 43.9 Å². The van der Waals surface area contributed by atoms with E-state index in [9.17, 15) is 23.3 Å². The molecule has 1 aromatic heterocycles. The second kappa shape index (κ2) is 8.88. The lowest BCUT2D eigenvalue weighted by atomic mass is 10.2. The van der Waals surface area contributed by atoms with Crippen LogP contribution in [0.1, 0.15) is 16.1 Å². The Kier molecular flexibility index (Phi) is 6.28. The van der Waals surface area contributed by atoms with Gasteiger partial charge in [-0.2, -0.15) is 13.5 Å². The maximum Gasteiger partial charge on any atom is 0.339 e. The molecular formula is C18H12BrN3O7S. The average molecular weight is 494 g/mol. The van der Waals surface area contributed by atoms with Gasteiger partial charge in [0.05, 0.1) is 21.9 Å². The maximum absolute atomic E-state index is 12.4. The van der Waals surface area contributed by atoms with Crippen LogP contribution in [-0.4, -0.2) is 25.5 Å². The third-order valence-electron chi connectivity index (χ3n) is 3.60. The minimum atomic E-state index is -4.29. The van der Waals surface area contributed by atoms with Gasteiger partial charge in [-0.25, -0.2) is 5.43 Å². The monoisotopic (exact) mass is 493 g/mol. The van der Waals surface area contributed by atoms with Gasteiger partial charge >= 0.3 is 16.0 Å². The molecule has 30 heavy (non-hydrogen) atoms. The van der Waals surface area contributed by atoms with E-state index in [1.54, 1.807) is 6.07 Å². The van der Waals surface area contributed by atoms with E-state index in [0.717, 1.165) is 6.07 Å². The molecule has 1 N–H and O–H groups in total. The molecule has 0 unspecified atom stereocenters. The minimum absolute atomic E-state index is 0.0294. The number of furan rings is 1. The zero-order chi connectivity index (χ0) is 21.7. The van der Waals surface area contributed by atoms with Gasteiger partial charge in [0, 0.05) is 12.1 Å². The van der Waals surface area contributed by atoms with Crippen molar-refractivity contribution < 1.29 is 26.7 Å². The number of non-ortho nitro benzene ring substituents is 1. The van der Waals surface area contributed by atoms with Crippen molar-refractivity contribution in [2.24, 2.45) is 5.10 Å². The first-order valence-electron chi connectivity index (χ1n) is 8.12. The number of nitro groups is 1. The van der Waals surface area contributed by atoms with E-state index in [1.165, 1.54) is 54.9 Å². The molecule has 0 aliphatic heterocycles. The van der Waals surface area contributed by atoms with E-state index in [4.69, 9.17) is 8.60 Å². The van der Waals surface area contributed by atoms with Crippen LogP contribution < -0.4 is 9.61 Å². The molecule has 2 aromatic carbocycles. The number of rotatable bonds is 7. The van der Waals surface area contributed by atoms with Crippen molar-refractivity contribution in [1.29, 1.82) is 0 Å². The average Bonchev–Trinajstić information content (AvgIpc) is 3.25. The number of hydrazone groups is 1. The van der Waals surface area contributed by atoms with Gasteiger partial charge in [-0.3, -0.25) is 14.9 Å². The van der Waals surface area contributed by atoms with Crippen LogP contribution in [-0.2, 0) is 10.1 Å². The van der Waals surface area contributed by atoms with Crippen molar-refractivity contribution in [2.45, 2.75) is 4.90 Å². The number of nitrogens with one attached hydrogen (secondary N) is 1. The molecule has 154 valence electrons. The zero-order valence-corrected chi connectivity index (χ0v) is 17.3. The van der Waals surface area contributed by atoms with Crippen LogP contribution in [0.25, 0.3) is 0 Å². The molecule has 0 spiro atoms. The normalized spacial score (nSPS) is 11.4. The largest absolute Gasteiger partial charge is 0.459 e. The van der Waals surface area contributed by atoms with Gasteiger partial charge in [0.2, 0.25) is 0 Å². The van der Waals surface area contributed by atoms with Gasteiger partial charge in [0.15, 0.2) is 11.5 Å². The Labute approximate surface area is 178 Å². The SMILES string of the molecule is O=C(N/N=C\c1ccc(OS(=O)(=O)c2cccc([N+](=O)[O-])c2)c(Br)c1)c1ccco1. The predicted molar refractivity (Wildman–Crippen MR) is 109 cm³/mol. The smallest absolute Gasteiger partial charge is 0.339 e. The van der Waals surface area contributed by atoms with Gasteiger partial charge in [-0.15, -0.1) is 0 Å². The van der Waals surface area contributed by atoms with Crippen LogP contribution in [0.5, 0.6) is 5.75 Å². The summed E-state index contributed by atoms with van der Waals surface area (Å²) in [4.78, 5) is 21.5. The van der Waals surface area contributed by atoms with Gasteiger partial charge in [0.25, 0.3) is 5.69 Å². The van der Waals surface area contributed by atoms with Crippen molar-refractivity contribution in [3.05, 3.63) is 86.8 Å². The van der Waals surface area contributed by atoms with Crippen LogP contribution >= 0.6 is 15.9 Å². The number of amides is 1. The molecule has 0 saturated heterocycles. The van der Waals surface area contributed by atoms with Gasteiger partial charge in [-0.05, 0) is 57.9 Å². The number of carbonyl (C=O) groups is 1. The molecule has 0 atom stereocenters. The third kappa shape index (κ3) is 5.10. The summed E-state index contributed by atoms with van der Waals surface area (Å²) in [5.41, 5.74) is 2.44. The number of benzene rings is 2. The summed E-state index contributed by atoms with van der Waals surface area (Å²) in [5, 5.41) is 14.6. The summed E-state index contributed by atoms with van der Waals surface area (Å²) in [6.07, 6.45) is 2.70. The number of hydrogen-bond acceptors (Lipinski definition) is 8. The van der Waals surface area contributed by atoms with E-state index in [2.05, 4.69) is 26.5 Å². The first-order valence-corrected chi connectivity index (χ1v) is 10.3. The topological polar surface area (TPSA) is 141 Å². The summed E-state index contributed by atoms with van der Waals surface area (Å²) < 4.78 is 35.1. The summed E-state index contributed by atoms with van der Waals surface area (Å²) >= 11 is 3.20. The minimum Gasteiger partial charge on any atom is -0.459 e. The fourth-order valence-corrected chi connectivity index (χ4v) is 3.79. The molecule has 0 bridgehead atoms. The molecule has 1 amide bonds. The number of hydrogen-bond donors (Lipinski definition) is 1. The molecule has 0 radical (unpaired) electrons. The Morgan fingerprint density at radius 2 is 2.00 bits per heavy atom. The van der Waals surface area contributed by atoms with E-state index >= 15 is 0 Å². The molecule has 0 aliphatic rings. The quantitative estimate of drug-likeness (QED) is 0.229. The Morgan fingerprint density at radius 3 is 2.67 bits per heavy atom. The van der Waals surface area contributed by atoms with Crippen LogP contribution in [0, 0.1) is 10.1 Å². The summed E-state index contributed by atoms with van der Waals surface area (Å²) in [6.45, 7) is 0. The number of nitro benzene ring substituents is 1. The molecule has 3 aromatic rings. The maximum atomic E-state index is 12.4. The van der Waals surface area contributed by atoms with E-state index in [1.807, 2.05) is 0 Å². The first kappa shape index (κ1) is 21.2. The molecule has 3 rings (SSSR count). The van der Waals surface area contributed by atoms with Gasteiger partial charge in [0.1, 0.15) is 4.90 Å². The number of nitrogens with zero attached hydrogens (tertiary/aromatic N) is 2. The lowest BCUT2D eigenvalue weighted by Crippen LogP contribution is -2.16. The number of carbonyl (C=O) groups excluding carboxylic acids is 1. The summed E-state index contributed by atoms with van der Waals surface area (Å²) in [5.74, 6) is -0.458. The van der Waals surface area contributed by atoms with E-state index in [-0.39, 0.29) is 26.6 Å². The summed E-state index contributed by atoms with van der Waals surface area (Å²) in [6, 6.07) is 12.0. The van der Waals surface area contributed by atoms with Gasteiger partial charge in [-0.1, -0.05) is 6.07 Å². The molecule has 10 nitrogen and oxygen atoms in total. The second-order valence-corrected chi connectivity index (χ2v) is 8.06. The molecule has 0 saturated carbocycles. The van der Waals surface area contributed by atoms with Crippen molar-refractivity contribution in [2.75, 3.05) is 0 Å². The fraction of sp³-hybridized carbons (Fsp3) is 0. The van der Waals surface area contributed by atoms with Crippen molar-refractivity contribution in [3.63, 3.8) is 0 Å². The predicted octanol–water partition coefficient (Wildman–Crippen LogP) is 3.48. The third-order valence-corrected chi connectivity index (χ3v) is 5.45. The molecule has 0 aliphatic carbocycles. The lowest BCUT2D eigenvalue weighted by Gasteiger charge is -2.09. The van der Waals surface area contributed by atoms with Crippen LogP contribution in [0.15, 0.2) is 79.7 Å². The highest BCUT2D eigenvalue weighted by molar-refractivity contribution is 9.10. The summed E-state index contributed by atoms with van der Waals surface area (Å²) in [7, 11) is -4.29. The standard InChI is InChI=1S/C18H12BrN3O7S/c19-15-9-12(11-20-21-18(23)17-5-2-8-28-17)6-7-16(15)29-30(26,27)14-4-1-3-13(10-14)22(24)25/h1-11H,(H,21,23)/b20-11-. The highest BCUT2D eigenvalue weighted by atomic mass is 79.9. The molecule has 12 heteroatoms. The second-order valence-electron chi connectivity index (χ2n) is 5.66. The molecule has 0 fully saturated rings. The number of halogens is 1. The van der Waals surface area contributed by atoms with Crippen LogP contribution in [0.3, 0.4) is 0 Å². The van der Waals surface area contributed by atoms with Crippen LogP contribution in [0.2, 0.25) is 0 Å². The highest BCUT2D eigenvalue weighted by Crippen LogP contribution is 2.29. The Bertz CT molecular complexity index is 1220. The molecule has 1 heterocycles. The van der Waals surface area contributed by atoms with Crippen LogP contribution in [0.4, 0.5) is 5.69 Å². The molecular weight excluding hydrogens is 482 g/mol. The van der Waals surface area contributed by atoms with E-state index < -0.39 is 20.9 Å². The van der Waals surface area contributed by atoms with Crippen molar-refractivity contribution in [3.8, 4) is 5.75 Å². The fourth-order valence-electron chi connectivity index (χ4n) is 2.21. The van der Waals surface area contributed by atoms with Crippen molar-refractivity contribution in [1.82, 2.24) is 5.43 Å². The van der Waals surface area contributed by atoms with E-state index in [0.29, 0.717) is 5.56 Å².